The van der Waals surface area contributed by atoms with E-state index in [4.69, 9.17) is 4.74 Å². The monoisotopic (exact) mass is 358 g/mol. The molecule has 24 heavy (non-hydrogen) atoms. The van der Waals surface area contributed by atoms with Gasteiger partial charge in [-0.15, -0.1) is 0 Å². The fourth-order valence-electron chi connectivity index (χ4n) is 2.82. The Morgan fingerprint density at radius 2 is 1.88 bits per heavy atom. The van der Waals surface area contributed by atoms with Gasteiger partial charge in [-0.2, -0.15) is 0 Å². The van der Waals surface area contributed by atoms with Gasteiger partial charge in [0, 0.05) is 19.0 Å². The van der Waals surface area contributed by atoms with E-state index in [2.05, 4.69) is 11.3 Å². The van der Waals surface area contributed by atoms with E-state index < -0.39 is 17.0 Å². The molecule has 3 atom stereocenters. The first kappa shape index (κ1) is 21.3. The molecule has 0 aliphatic carbocycles. The summed E-state index contributed by atoms with van der Waals surface area (Å²) in [5.41, 5.74) is 0.468. The number of hydrogen-bond acceptors (Lipinski definition) is 4. The number of piperidine rings is 1. The summed E-state index contributed by atoms with van der Waals surface area (Å²) >= 11 is -1.23. The molecule has 1 aliphatic rings. The standard InChI is InChI=1S/C18H34N2O3S/c1-9-14-12-20(16(21)23-17(3,4)5)11-10-15(14)13(2)19-24(22)18(6,7)8/h14-15H,9-12H2,1-8H3/b19-13+/t14-,15-,24-/m1/s1. The Bertz CT molecular complexity index is 466. The third-order valence-corrected chi connectivity index (χ3v) is 5.70. The molecule has 1 amide bonds. The van der Waals surface area contributed by atoms with Crippen LogP contribution in [0.1, 0.15) is 68.2 Å². The summed E-state index contributed by atoms with van der Waals surface area (Å²) in [5, 5.41) is 0. The molecule has 1 rings (SSSR count). The van der Waals surface area contributed by atoms with Crippen LogP contribution in [0, 0.1) is 11.8 Å². The number of rotatable bonds is 3. The molecule has 1 saturated heterocycles. The summed E-state index contributed by atoms with van der Waals surface area (Å²) in [5.74, 6) is 0.604. The third-order valence-electron chi connectivity index (χ3n) is 4.20. The largest absolute Gasteiger partial charge is 0.591 e. The topological polar surface area (TPSA) is 65.0 Å². The molecule has 6 heteroatoms. The molecular weight excluding hydrogens is 324 g/mol. The van der Waals surface area contributed by atoms with Gasteiger partial charge in [-0.1, -0.05) is 17.7 Å². The van der Waals surface area contributed by atoms with Crippen LogP contribution < -0.4 is 0 Å². The number of nitrogens with zero attached hydrogens (tertiary/aromatic N) is 2. The summed E-state index contributed by atoms with van der Waals surface area (Å²) in [6.45, 7) is 16.9. The van der Waals surface area contributed by atoms with Crippen molar-refractivity contribution >= 4 is 23.2 Å². The van der Waals surface area contributed by atoms with Crippen molar-refractivity contribution in [3.8, 4) is 0 Å². The van der Waals surface area contributed by atoms with Crippen molar-refractivity contribution < 1.29 is 14.1 Å². The second-order valence-electron chi connectivity index (χ2n) is 8.58. The lowest BCUT2D eigenvalue weighted by Crippen LogP contribution is -2.47. The van der Waals surface area contributed by atoms with Gasteiger partial charge in [-0.3, -0.25) is 0 Å². The van der Waals surface area contributed by atoms with Crippen LogP contribution >= 0.6 is 0 Å². The molecule has 0 bridgehead atoms. The van der Waals surface area contributed by atoms with E-state index in [1.54, 1.807) is 4.90 Å². The van der Waals surface area contributed by atoms with E-state index in [-0.39, 0.29) is 16.8 Å². The zero-order chi connectivity index (χ0) is 18.7. The molecule has 0 unspecified atom stereocenters. The number of carbonyl (C=O) groups excluding carboxylic acids is 1. The minimum absolute atomic E-state index is 0.243. The second-order valence-corrected chi connectivity index (χ2v) is 10.5. The number of likely N-dealkylation sites (tertiary alicyclic amines) is 1. The quantitative estimate of drug-likeness (QED) is 0.561. The number of ether oxygens (including phenoxy) is 1. The van der Waals surface area contributed by atoms with Gasteiger partial charge in [0.25, 0.3) is 0 Å². The van der Waals surface area contributed by atoms with Crippen LogP contribution in [-0.4, -0.2) is 44.7 Å². The number of hydrogen-bond donors (Lipinski definition) is 0. The van der Waals surface area contributed by atoms with Crippen molar-refractivity contribution in [2.75, 3.05) is 13.1 Å². The Labute approximate surface area is 150 Å². The van der Waals surface area contributed by atoms with Crippen molar-refractivity contribution in [2.45, 2.75) is 78.6 Å². The van der Waals surface area contributed by atoms with Gasteiger partial charge >= 0.3 is 6.09 Å². The first-order valence-electron chi connectivity index (χ1n) is 8.80. The maximum atomic E-state index is 12.3. The first-order chi connectivity index (χ1) is 10.8. The van der Waals surface area contributed by atoms with Gasteiger partial charge in [0.1, 0.15) is 21.7 Å². The fourth-order valence-corrected chi connectivity index (χ4v) is 3.49. The first-order valence-corrected chi connectivity index (χ1v) is 9.91. The fraction of sp³-hybridized carbons (Fsp3) is 0.889. The predicted octanol–water partition coefficient (Wildman–Crippen LogP) is 4.19. The van der Waals surface area contributed by atoms with Crippen molar-refractivity contribution in [1.82, 2.24) is 4.90 Å². The molecule has 0 N–H and O–H groups in total. The predicted molar refractivity (Wildman–Crippen MR) is 101 cm³/mol. The summed E-state index contributed by atoms with van der Waals surface area (Å²) in [4.78, 5) is 14.1. The SMILES string of the molecule is CC[C@@H]1CN(C(=O)OC(C)(C)C)CC[C@@H]1/C(C)=N/[S@+]([O-])C(C)(C)C. The molecule has 0 radical (unpaired) electrons. The van der Waals surface area contributed by atoms with Crippen molar-refractivity contribution in [3.63, 3.8) is 0 Å². The highest BCUT2D eigenvalue weighted by atomic mass is 32.2. The Kier molecular flexibility index (Phi) is 7.17. The zero-order valence-electron chi connectivity index (χ0n) is 16.5. The van der Waals surface area contributed by atoms with E-state index in [0.717, 1.165) is 18.6 Å². The van der Waals surface area contributed by atoms with E-state index >= 15 is 0 Å². The molecule has 0 aromatic rings. The van der Waals surface area contributed by atoms with Gasteiger partial charge in [0.05, 0.1) is 5.71 Å². The minimum Gasteiger partial charge on any atom is -0.591 e. The Morgan fingerprint density at radius 3 is 2.33 bits per heavy atom. The molecule has 1 aliphatic heterocycles. The summed E-state index contributed by atoms with van der Waals surface area (Å²) < 4.78 is 21.9. The highest BCUT2D eigenvalue weighted by Gasteiger charge is 2.35. The molecule has 0 aromatic carbocycles. The summed E-state index contributed by atoms with van der Waals surface area (Å²) in [6, 6.07) is 0. The molecular formula is C18H34N2O3S. The van der Waals surface area contributed by atoms with Crippen LogP contribution in [0.25, 0.3) is 0 Å². The van der Waals surface area contributed by atoms with E-state index in [1.165, 1.54) is 0 Å². The molecule has 1 heterocycles. The van der Waals surface area contributed by atoms with Gasteiger partial charge < -0.3 is 14.2 Å². The van der Waals surface area contributed by atoms with E-state index in [0.29, 0.717) is 19.0 Å². The number of carbonyl (C=O) groups is 1. The Morgan fingerprint density at radius 1 is 1.29 bits per heavy atom. The zero-order valence-corrected chi connectivity index (χ0v) is 17.3. The highest BCUT2D eigenvalue weighted by molar-refractivity contribution is 7.91. The van der Waals surface area contributed by atoms with E-state index in [9.17, 15) is 9.35 Å². The van der Waals surface area contributed by atoms with Gasteiger partial charge in [-0.05, 0) is 60.8 Å². The lowest BCUT2D eigenvalue weighted by atomic mass is 9.81. The van der Waals surface area contributed by atoms with Crippen molar-refractivity contribution in [1.29, 1.82) is 0 Å². The maximum absolute atomic E-state index is 12.3. The highest BCUT2D eigenvalue weighted by Crippen LogP contribution is 2.30. The molecule has 1 fully saturated rings. The lowest BCUT2D eigenvalue weighted by Gasteiger charge is -2.38. The maximum Gasteiger partial charge on any atom is 0.410 e. The number of amides is 1. The Hall–Kier alpha value is -0.750. The smallest absolute Gasteiger partial charge is 0.410 e. The third kappa shape index (κ3) is 6.28. The lowest BCUT2D eigenvalue weighted by molar-refractivity contribution is 0.0136. The second kappa shape index (κ2) is 8.09. The Balaban J connectivity index is 2.79. The average molecular weight is 359 g/mol. The van der Waals surface area contributed by atoms with Crippen LogP contribution in [-0.2, 0) is 16.1 Å². The van der Waals surface area contributed by atoms with Gasteiger partial charge in [-0.25, -0.2) is 4.79 Å². The van der Waals surface area contributed by atoms with Gasteiger partial charge in [0.2, 0.25) is 0 Å². The van der Waals surface area contributed by atoms with Crippen LogP contribution in [0.4, 0.5) is 4.79 Å². The van der Waals surface area contributed by atoms with Crippen LogP contribution in [0.15, 0.2) is 4.40 Å². The average Bonchev–Trinajstić information content (AvgIpc) is 2.43. The molecule has 5 nitrogen and oxygen atoms in total. The van der Waals surface area contributed by atoms with Crippen LogP contribution in [0.5, 0.6) is 0 Å². The molecule has 0 saturated carbocycles. The van der Waals surface area contributed by atoms with Crippen LogP contribution in [0.3, 0.4) is 0 Å². The van der Waals surface area contributed by atoms with Gasteiger partial charge in [0.15, 0.2) is 0 Å². The normalized spacial score (nSPS) is 24.7. The molecule has 0 aromatic heterocycles. The molecule has 0 spiro atoms. The summed E-state index contributed by atoms with van der Waals surface area (Å²) in [7, 11) is 0. The summed E-state index contributed by atoms with van der Waals surface area (Å²) in [6.07, 6.45) is 1.56. The molecule has 140 valence electrons. The van der Waals surface area contributed by atoms with Crippen molar-refractivity contribution in [2.24, 2.45) is 16.2 Å². The van der Waals surface area contributed by atoms with Crippen LogP contribution in [0.2, 0.25) is 0 Å². The minimum atomic E-state index is -1.23. The van der Waals surface area contributed by atoms with Crippen molar-refractivity contribution in [3.05, 3.63) is 0 Å². The van der Waals surface area contributed by atoms with E-state index in [1.807, 2.05) is 48.5 Å².